The summed E-state index contributed by atoms with van der Waals surface area (Å²) in [5, 5.41) is -2.02. The molecule has 0 aliphatic heterocycles. The van der Waals surface area contributed by atoms with E-state index in [4.69, 9.17) is 0 Å². The first-order valence-corrected chi connectivity index (χ1v) is 8.40. The van der Waals surface area contributed by atoms with Crippen LogP contribution in [0.1, 0.15) is 22.3 Å². The summed E-state index contributed by atoms with van der Waals surface area (Å²) in [4.78, 5) is 0. The smallest absolute Gasteiger partial charge is 0.234 e. The molecule has 0 amide bonds. The summed E-state index contributed by atoms with van der Waals surface area (Å²) in [7, 11) is -12.5. The molecule has 0 aliphatic rings. The van der Waals surface area contributed by atoms with Gasteiger partial charge >= 0.3 is 18.2 Å². The number of hydrogen-bond donors (Lipinski definition) is 0. The molecule has 0 bridgehead atoms. The minimum absolute atomic E-state index is 0.0637. The first-order valence-electron chi connectivity index (χ1n) is 5.13. The Kier molecular flexibility index (Phi) is 3.74. The van der Waals surface area contributed by atoms with Crippen molar-refractivity contribution in [2.24, 2.45) is 0 Å². The lowest BCUT2D eigenvalue weighted by molar-refractivity contribution is 0.498. The zero-order valence-electron chi connectivity index (χ0n) is 10.3. The maximum atomic E-state index is 13.0. The van der Waals surface area contributed by atoms with Gasteiger partial charge in [0.25, 0.3) is 0 Å². The predicted octanol–water partition coefficient (Wildman–Crippen LogP) is 3.03. The van der Waals surface area contributed by atoms with Crippen LogP contribution in [0.3, 0.4) is 0 Å². The van der Waals surface area contributed by atoms with Gasteiger partial charge in [0.05, 0.1) is 0 Å². The Morgan fingerprint density at radius 2 is 0.778 bits per heavy atom. The van der Waals surface area contributed by atoms with Gasteiger partial charge in [-0.25, -0.2) is 24.6 Å². The maximum Gasteiger partial charge on any atom is 0.653 e. The summed E-state index contributed by atoms with van der Waals surface area (Å²) < 4.78 is 77.9. The molecule has 0 radical (unpaired) electrons. The molecule has 0 atom stereocenters. The molecule has 0 nitrogen and oxygen atoms in total. The van der Waals surface area contributed by atoms with Crippen molar-refractivity contribution < 1.29 is 24.6 Å². The third kappa shape index (κ3) is 2.49. The van der Waals surface area contributed by atoms with E-state index in [2.05, 4.69) is 0 Å². The van der Waals surface area contributed by atoms with E-state index in [0.29, 0.717) is 0 Å². The number of rotatable bonds is 2. The summed E-state index contributed by atoms with van der Waals surface area (Å²) in [6, 6.07) is 0. The molecule has 0 fully saturated rings. The second-order valence-corrected chi connectivity index (χ2v) is 7.24. The molecule has 0 N–H and O–H groups in total. The van der Waals surface area contributed by atoms with Crippen LogP contribution < -0.4 is 10.4 Å². The minimum atomic E-state index is -6.26. The standard InChI is InChI=1S/C10H12F6Si2/c1-5-6(2)9(17(11,12)13)8(4)10(7(5)3)18(14,15)16/h1-4H3. The SMILES string of the molecule is Cc1c(C)c([Si](F)(F)F)c(C)c([Si](F)(F)F)c1C. The second-order valence-electron chi connectivity index (χ2n) is 4.25. The van der Waals surface area contributed by atoms with Crippen LogP contribution in [0, 0.1) is 27.7 Å². The van der Waals surface area contributed by atoms with Gasteiger partial charge in [0, 0.05) is 10.4 Å². The fourth-order valence-electron chi connectivity index (χ4n) is 2.19. The normalized spacial score (nSPS) is 13.0. The van der Waals surface area contributed by atoms with Gasteiger partial charge in [-0.3, -0.25) is 0 Å². The zero-order valence-corrected chi connectivity index (χ0v) is 12.3. The Bertz CT molecular complexity index is 446. The lowest BCUT2D eigenvalue weighted by Crippen LogP contribution is -2.48. The van der Waals surface area contributed by atoms with Crippen molar-refractivity contribution in [2.45, 2.75) is 27.7 Å². The molecule has 1 aromatic rings. The van der Waals surface area contributed by atoms with E-state index in [0.717, 1.165) is 6.92 Å². The largest absolute Gasteiger partial charge is 0.653 e. The highest BCUT2D eigenvalue weighted by molar-refractivity contribution is 6.78. The Hall–Kier alpha value is -0.766. The van der Waals surface area contributed by atoms with Crippen molar-refractivity contribution in [3.63, 3.8) is 0 Å². The summed E-state index contributed by atoms with van der Waals surface area (Å²) in [6.45, 7) is 4.74. The maximum absolute atomic E-state index is 13.0. The molecular formula is C10H12F6Si2. The van der Waals surface area contributed by atoms with Gasteiger partial charge in [-0.1, -0.05) is 0 Å². The van der Waals surface area contributed by atoms with Crippen molar-refractivity contribution in [1.29, 1.82) is 0 Å². The molecule has 0 aromatic heterocycles. The molecule has 0 aliphatic carbocycles. The van der Waals surface area contributed by atoms with Crippen LogP contribution in [-0.4, -0.2) is 18.2 Å². The van der Waals surface area contributed by atoms with E-state index in [1.165, 1.54) is 20.8 Å². The highest BCUT2D eigenvalue weighted by Crippen LogP contribution is 2.23. The van der Waals surface area contributed by atoms with Crippen LogP contribution in [0.25, 0.3) is 0 Å². The van der Waals surface area contributed by atoms with Gasteiger partial charge in [-0.2, -0.15) is 0 Å². The van der Waals surface area contributed by atoms with E-state index in [-0.39, 0.29) is 16.7 Å². The Balaban J connectivity index is 3.83. The van der Waals surface area contributed by atoms with E-state index in [9.17, 15) is 24.6 Å². The molecule has 1 rings (SSSR count). The first-order chi connectivity index (χ1) is 7.89. The third-order valence-corrected chi connectivity index (χ3v) is 5.83. The lowest BCUT2D eigenvalue weighted by atomic mass is 10.0. The predicted molar refractivity (Wildman–Crippen MR) is 62.8 cm³/mol. The molecular weight excluding hydrogens is 290 g/mol. The van der Waals surface area contributed by atoms with E-state index in [1.54, 1.807) is 0 Å². The van der Waals surface area contributed by atoms with E-state index < -0.39 is 34.1 Å². The van der Waals surface area contributed by atoms with Gasteiger partial charge in [0.15, 0.2) is 0 Å². The van der Waals surface area contributed by atoms with Gasteiger partial charge in [-0.15, -0.1) is 0 Å². The minimum Gasteiger partial charge on any atom is -0.234 e. The fraction of sp³-hybridized carbons (Fsp3) is 0.400. The molecule has 8 heteroatoms. The summed E-state index contributed by atoms with van der Waals surface area (Å²) in [5.41, 5.74) is -0.661. The molecule has 0 heterocycles. The number of benzene rings is 1. The number of halogens is 6. The van der Waals surface area contributed by atoms with Crippen LogP contribution in [0.4, 0.5) is 24.6 Å². The highest BCUT2D eigenvalue weighted by atomic mass is 28.5. The van der Waals surface area contributed by atoms with Crippen molar-refractivity contribution in [3.8, 4) is 0 Å². The number of hydrogen-bond acceptors (Lipinski definition) is 0. The Labute approximate surface area is 104 Å². The molecule has 0 unspecified atom stereocenters. The summed E-state index contributed by atoms with van der Waals surface area (Å²) in [5.74, 6) is 0. The first kappa shape index (κ1) is 15.3. The lowest BCUT2D eigenvalue weighted by Gasteiger charge is -2.21. The van der Waals surface area contributed by atoms with Crippen LogP contribution in [-0.2, 0) is 0 Å². The molecule has 0 spiro atoms. The average Bonchev–Trinajstić information content (AvgIpc) is 2.09. The van der Waals surface area contributed by atoms with Crippen LogP contribution in [0.15, 0.2) is 0 Å². The Morgan fingerprint density at radius 3 is 1.00 bits per heavy atom. The fourth-order valence-corrected chi connectivity index (χ4v) is 4.65. The van der Waals surface area contributed by atoms with Crippen LogP contribution >= 0.6 is 0 Å². The highest BCUT2D eigenvalue weighted by Gasteiger charge is 2.49. The quantitative estimate of drug-likeness (QED) is 0.447. The van der Waals surface area contributed by atoms with Gasteiger partial charge in [0.1, 0.15) is 0 Å². The van der Waals surface area contributed by atoms with Gasteiger partial charge in [0.2, 0.25) is 0 Å². The molecule has 0 saturated heterocycles. The summed E-state index contributed by atoms with van der Waals surface area (Å²) in [6.07, 6.45) is 0. The molecule has 18 heavy (non-hydrogen) atoms. The molecule has 0 saturated carbocycles. The zero-order chi connectivity index (χ0) is 14.5. The molecule has 102 valence electrons. The second kappa shape index (κ2) is 4.41. The van der Waals surface area contributed by atoms with Crippen LogP contribution in [0.2, 0.25) is 0 Å². The van der Waals surface area contributed by atoms with Crippen molar-refractivity contribution >= 4 is 28.5 Å². The topological polar surface area (TPSA) is 0 Å². The monoisotopic (exact) mass is 302 g/mol. The summed E-state index contributed by atoms with van der Waals surface area (Å²) >= 11 is 0. The Morgan fingerprint density at radius 1 is 0.500 bits per heavy atom. The van der Waals surface area contributed by atoms with Gasteiger partial charge < -0.3 is 0 Å². The van der Waals surface area contributed by atoms with Crippen LogP contribution in [0.5, 0.6) is 0 Å². The van der Waals surface area contributed by atoms with E-state index in [1.807, 2.05) is 0 Å². The van der Waals surface area contributed by atoms with E-state index >= 15 is 0 Å². The molecule has 1 aromatic carbocycles. The van der Waals surface area contributed by atoms with Crippen molar-refractivity contribution in [1.82, 2.24) is 0 Å². The van der Waals surface area contributed by atoms with Crippen molar-refractivity contribution in [3.05, 3.63) is 22.3 Å². The van der Waals surface area contributed by atoms with Gasteiger partial charge in [-0.05, 0) is 49.9 Å². The average molecular weight is 302 g/mol. The van der Waals surface area contributed by atoms with Crippen molar-refractivity contribution in [2.75, 3.05) is 0 Å². The third-order valence-electron chi connectivity index (χ3n) is 3.19.